The van der Waals surface area contributed by atoms with Gasteiger partial charge in [0.1, 0.15) is 5.69 Å². The monoisotopic (exact) mass is 322 g/mol. The van der Waals surface area contributed by atoms with Gasteiger partial charge in [-0.3, -0.25) is 14.4 Å². The number of carbonyl (C=O) groups excluding carboxylic acids is 1. The van der Waals surface area contributed by atoms with Crippen molar-refractivity contribution in [3.05, 3.63) is 17.5 Å². The Hall–Kier alpha value is -1.40. The van der Waals surface area contributed by atoms with Gasteiger partial charge in [0.25, 0.3) is 5.91 Å². The van der Waals surface area contributed by atoms with Crippen LogP contribution < -0.4 is 5.32 Å². The minimum atomic E-state index is -0.0658. The number of nitrogens with one attached hydrogen (secondary N) is 1. The number of aromatic nitrogens is 2. The number of carbonyl (C=O) groups is 1. The number of hydrogen-bond donors (Lipinski definition) is 1. The fourth-order valence-electron chi connectivity index (χ4n) is 2.99. The zero-order chi connectivity index (χ0) is 17.1. The molecule has 1 aromatic rings. The van der Waals surface area contributed by atoms with E-state index in [9.17, 15) is 4.79 Å². The molecule has 0 spiro atoms. The molecule has 0 bridgehead atoms. The lowest BCUT2D eigenvalue weighted by molar-refractivity contribution is 0.0747. The van der Waals surface area contributed by atoms with Crippen LogP contribution >= 0.6 is 0 Å². The predicted molar refractivity (Wildman–Crippen MR) is 90.8 cm³/mol. The summed E-state index contributed by atoms with van der Waals surface area (Å²) in [5, 5.41) is 7.66. The minimum absolute atomic E-state index is 0.0117. The maximum absolute atomic E-state index is 12.7. The first-order valence-corrected chi connectivity index (χ1v) is 8.52. The molecule has 130 valence electrons. The van der Waals surface area contributed by atoms with Crippen LogP contribution in [-0.2, 0) is 11.3 Å². The molecule has 23 heavy (non-hydrogen) atoms. The molecule has 1 aliphatic heterocycles. The third-order valence-corrected chi connectivity index (χ3v) is 4.57. The number of methoxy groups -OCH3 is 1. The second-order valence-electron chi connectivity index (χ2n) is 6.83. The van der Waals surface area contributed by atoms with Gasteiger partial charge in [-0.25, -0.2) is 0 Å². The van der Waals surface area contributed by atoms with E-state index in [2.05, 4.69) is 43.0 Å². The lowest BCUT2D eigenvalue weighted by Gasteiger charge is -2.20. The Morgan fingerprint density at radius 2 is 2.09 bits per heavy atom. The largest absolute Gasteiger partial charge is 0.378 e. The Kier molecular flexibility index (Phi) is 5.81. The average Bonchev–Trinajstić information content (AvgIpc) is 3.10. The predicted octanol–water partition coefficient (Wildman–Crippen LogP) is 1.86. The van der Waals surface area contributed by atoms with Gasteiger partial charge in [0, 0.05) is 32.8 Å². The number of rotatable bonds is 6. The van der Waals surface area contributed by atoms with Crippen LogP contribution in [0.4, 0.5) is 0 Å². The van der Waals surface area contributed by atoms with Crippen molar-refractivity contribution in [1.29, 1.82) is 0 Å². The lowest BCUT2D eigenvalue weighted by Crippen LogP contribution is -2.44. The summed E-state index contributed by atoms with van der Waals surface area (Å²) in [5.74, 6) is 0.243. The normalized spacial score (nSPS) is 22.3. The fraction of sp³-hybridized carbons (Fsp3) is 0.765. The van der Waals surface area contributed by atoms with Gasteiger partial charge in [-0.1, -0.05) is 13.8 Å². The molecule has 1 fully saturated rings. The molecule has 1 N–H and O–H groups in total. The zero-order valence-electron chi connectivity index (χ0n) is 15.2. The Morgan fingerprint density at radius 3 is 2.61 bits per heavy atom. The van der Waals surface area contributed by atoms with Gasteiger partial charge in [-0.15, -0.1) is 0 Å². The Bertz CT molecular complexity index is 539. The maximum Gasteiger partial charge on any atom is 0.269 e. The standard InChI is InChI=1S/C17H30N4O2/c1-7-21-15(8-13(19-21)11(2)3)17(22)18-14-9-20(12(4)5)10-16(14)23-6/h8,11-12,14,16H,7,9-10H2,1-6H3,(H,18,22)/t14-,16-/m0/s1. The van der Waals surface area contributed by atoms with Crippen molar-refractivity contribution in [2.24, 2.45) is 0 Å². The summed E-state index contributed by atoms with van der Waals surface area (Å²) in [6.45, 7) is 12.9. The van der Waals surface area contributed by atoms with E-state index in [4.69, 9.17) is 4.74 Å². The number of nitrogens with zero attached hydrogens (tertiary/aromatic N) is 3. The molecule has 0 saturated carbocycles. The van der Waals surface area contributed by atoms with Crippen molar-refractivity contribution in [3.8, 4) is 0 Å². The summed E-state index contributed by atoms with van der Waals surface area (Å²) in [5.41, 5.74) is 1.59. The SMILES string of the molecule is CCn1nc(C(C)C)cc1C(=O)N[C@H]1CN(C(C)C)C[C@@H]1OC. The maximum atomic E-state index is 12.7. The number of ether oxygens (including phenoxy) is 1. The molecule has 0 radical (unpaired) electrons. The molecule has 6 heteroatoms. The molecule has 0 aromatic carbocycles. The van der Waals surface area contributed by atoms with E-state index < -0.39 is 0 Å². The van der Waals surface area contributed by atoms with E-state index in [1.165, 1.54) is 0 Å². The van der Waals surface area contributed by atoms with Crippen molar-refractivity contribution in [2.45, 2.75) is 65.3 Å². The highest BCUT2D eigenvalue weighted by atomic mass is 16.5. The topological polar surface area (TPSA) is 59.4 Å². The van der Waals surface area contributed by atoms with Gasteiger partial charge < -0.3 is 10.1 Å². The summed E-state index contributed by atoms with van der Waals surface area (Å²) in [6.07, 6.45) is 0.0314. The third kappa shape index (κ3) is 3.93. The van der Waals surface area contributed by atoms with Crippen molar-refractivity contribution in [2.75, 3.05) is 20.2 Å². The third-order valence-electron chi connectivity index (χ3n) is 4.57. The molecule has 1 aliphatic rings. The van der Waals surface area contributed by atoms with Crippen LogP contribution in [-0.4, -0.2) is 59.0 Å². The average molecular weight is 322 g/mol. The van der Waals surface area contributed by atoms with Crippen LogP contribution in [0.5, 0.6) is 0 Å². The minimum Gasteiger partial charge on any atom is -0.378 e. The highest BCUT2D eigenvalue weighted by Crippen LogP contribution is 2.18. The lowest BCUT2D eigenvalue weighted by atomic mass is 10.1. The molecule has 2 heterocycles. The quantitative estimate of drug-likeness (QED) is 0.868. The first-order valence-electron chi connectivity index (χ1n) is 8.52. The van der Waals surface area contributed by atoms with Crippen molar-refractivity contribution in [1.82, 2.24) is 20.0 Å². The van der Waals surface area contributed by atoms with Crippen LogP contribution in [0.3, 0.4) is 0 Å². The van der Waals surface area contributed by atoms with Gasteiger partial charge in [0.2, 0.25) is 0 Å². The molecule has 0 aliphatic carbocycles. The summed E-state index contributed by atoms with van der Waals surface area (Å²) < 4.78 is 7.34. The molecule has 6 nitrogen and oxygen atoms in total. The number of likely N-dealkylation sites (tertiary alicyclic amines) is 1. The van der Waals surface area contributed by atoms with E-state index >= 15 is 0 Å². The van der Waals surface area contributed by atoms with Crippen LogP contribution in [0.2, 0.25) is 0 Å². The Labute approximate surface area is 139 Å². The van der Waals surface area contributed by atoms with Gasteiger partial charge in [0.15, 0.2) is 0 Å². The first kappa shape index (κ1) is 17.9. The molecule has 1 amide bonds. The molecule has 1 aromatic heterocycles. The summed E-state index contributed by atoms with van der Waals surface area (Å²) in [4.78, 5) is 15.0. The van der Waals surface area contributed by atoms with Gasteiger partial charge in [-0.2, -0.15) is 5.10 Å². The van der Waals surface area contributed by atoms with Crippen LogP contribution in [0.15, 0.2) is 6.07 Å². The van der Waals surface area contributed by atoms with Crippen LogP contribution in [0, 0.1) is 0 Å². The molecular weight excluding hydrogens is 292 g/mol. The summed E-state index contributed by atoms with van der Waals surface area (Å²) >= 11 is 0. The van der Waals surface area contributed by atoms with E-state index in [1.807, 2.05) is 13.0 Å². The van der Waals surface area contributed by atoms with E-state index in [0.717, 1.165) is 18.8 Å². The molecule has 2 rings (SSSR count). The van der Waals surface area contributed by atoms with E-state index in [-0.39, 0.29) is 18.1 Å². The van der Waals surface area contributed by atoms with E-state index in [0.29, 0.717) is 24.2 Å². The van der Waals surface area contributed by atoms with Gasteiger partial charge in [0.05, 0.1) is 17.8 Å². The number of aryl methyl sites for hydroxylation is 1. The number of hydrogen-bond acceptors (Lipinski definition) is 4. The van der Waals surface area contributed by atoms with Gasteiger partial charge >= 0.3 is 0 Å². The van der Waals surface area contributed by atoms with Crippen LogP contribution in [0.1, 0.15) is 56.7 Å². The zero-order valence-corrected chi connectivity index (χ0v) is 15.2. The molecule has 2 atom stereocenters. The summed E-state index contributed by atoms with van der Waals surface area (Å²) in [7, 11) is 1.71. The summed E-state index contributed by atoms with van der Waals surface area (Å²) in [6, 6.07) is 2.36. The Morgan fingerprint density at radius 1 is 1.39 bits per heavy atom. The molecule has 1 saturated heterocycles. The number of amides is 1. The second kappa shape index (κ2) is 7.45. The van der Waals surface area contributed by atoms with Gasteiger partial charge in [-0.05, 0) is 32.8 Å². The van der Waals surface area contributed by atoms with E-state index in [1.54, 1.807) is 11.8 Å². The fourth-order valence-corrected chi connectivity index (χ4v) is 2.99. The highest BCUT2D eigenvalue weighted by Gasteiger charge is 2.35. The van der Waals surface area contributed by atoms with Crippen molar-refractivity contribution < 1.29 is 9.53 Å². The Balaban J connectivity index is 2.12. The second-order valence-corrected chi connectivity index (χ2v) is 6.83. The van der Waals surface area contributed by atoms with Crippen LogP contribution in [0.25, 0.3) is 0 Å². The molecule has 0 unspecified atom stereocenters. The smallest absolute Gasteiger partial charge is 0.269 e. The highest BCUT2D eigenvalue weighted by molar-refractivity contribution is 5.93. The molecular formula is C17H30N4O2. The van der Waals surface area contributed by atoms with Crippen molar-refractivity contribution in [3.63, 3.8) is 0 Å². The first-order chi connectivity index (χ1) is 10.9. The van der Waals surface area contributed by atoms with Crippen molar-refractivity contribution >= 4 is 5.91 Å².